The minimum Gasteiger partial charge on any atom is -0.341 e. The second kappa shape index (κ2) is 6.18. The molecule has 0 bridgehead atoms. The molecule has 1 heterocycles. The average Bonchev–Trinajstić information content (AvgIpc) is 3.33. The molecule has 1 amide bonds. The zero-order valence-corrected chi connectivity index (χ0v) is 13.8. The van der Waals surface area contributed by atoms with E-state index in [4.69, 9.17) is 11.6 Å². The van der Waals surface area contributed by atoms with Gasteiger partial charge in [0.1, 0.15) is 0 Å². The number of nitrogens with zero attached hydrogens (tertiary/aromatic N) is 2. The first kappa shape index (κ1) is 15.8. The first-order valence-corrected chi connectivity index (χ1v) is 9.35. The lowest BCUT2D eigenvalue weighted by atomic mass is 10.3. The van der Waals surface area contributed by atoms with Gasteiger partial charge in [-0.05, 0) is 43.5 Å². The highest BCUT2D eigenvalue weighted by atomic mass is 35.5. The number of benzene rings is 1. The Morgan fingerprint density at radius 2 is 1.73 bits per heavy atom. The number of carbonyl (C=O) groups excluding carboxylic acids is 1. The number of rotatable bonds is 3. The molecule has 1 aromatic carbocycles. The molecule has 0 N–H and O–H groups in total. The molecule has 0 unspecified atom stereocenters. The number of amides is 1. The van der Waals surface area contributed by atoms with Crippen LogP contribution < -0.4 is 0 Å². The van der Waals surface area contributed by atoms with E-state index in [9.17, 15) is 13.2 Å². The fourth-order valence-electron chi connectivity index (χ4n) is 2.70. The molecule has 0 aromatic heterocycles. The smallest absolute Gasteiger partial charge is 0.243 e. The molecule has 0 radical (unpaired) electrons. The van der Waals surface area contributed by atoms with Gasteiger partial charge in [-0.1, -0.05) is 11.6 Å². The van der Waals surface area contributed by atoms with Crippen LogP contribution in [0.2, 0.25) is 5.02 Å². The van der Waals surface area contributed by atoms with E-state index in [-0.39, 0.29) is 16.7 Å². The summed E-state index contributed by atoms with van der Waals surface area (Å²) in [5.74, 6) is 0.366. The zero-order valence-electron chi connectivity index (χ0n) is 12.2. The molecule has 1 aliphatic heterocycles. The Balaban J connectivity index is 1.71. The van der Waals surface area contributed by atoms with E-state index in [2.05, 4.69) is 0 Å². The van der Waals surface area contributed by atoms with E-state index >= 15 is 0 Å². The van der Waals surface area contributed by atoms with Crippen LogP contribution in [0.25, 0.3) is 0 Å². The van der Waals surface area contributed by atoms with E-state index in [1.54, 1.807) is 12.1 Å². The van der Waals surface area contributed by atoms with Crippen LogP contribution in [0.4, 0.5) is 0 Å². The van der Waals surface area contributed by atoms with Crippen molar-refractivity contribution in [2.45, 2.75) is 24.2 Å². The third-order valence-electron chi connectivity index (χ3n) is 4.14. The van der Waals surface area contributed by atoms with Gasteiger partial charge in [-0.25, -0.2) is 8.42 Å². The Bertz CT molecular complexity index is 656. The molecule has 1 aromatic rings. The highest BCUT2D eigenvalue weighted by Crippen LogP contribution is 2.31. The van der Waals surface area contributed by atoms with Gasteiger partial charge in [-0.15, -0.1) is 0 Å². The van der Waals surface area contributed by atoms with Gasteiger partial charge in [0.25, 0.3) is 0 Å². The molecule has 1 saturated carbocycles. The van der Waals surface area contributed by atoms with Crippen LogP contribution in [0.15, 0.2) is 29.2 Å². The van der Waals surface area contributed by atoms with Crippen LogP contribution in [-0.2, 0) is 14.8 Å². The number of hydrogen-bond donors (Lipinski definition) is 0. The third-order valence-corrected chi connectivity index (χ3v) is 6.31. The van der Waals surface area contributed by atoms with Gasteiger partial charge < -0.3 is 4.90 Å². The number of halogens is 1. The standard InChI is InChI=1S/C15H19ClN2O3S/c16-13-4-6-14(7-5-13)22(20,21)18-9-1-8-17(10-11-18)15(19)12-2-3-12/h4-7,12H,1-3,8-11H2. The Kier molecular flexibility index (Phi) is 4.43. The number of carbonyl (C=O) groups is 1. The minimum atomic E-state index is -3.52. The monoisotopic (exact) mass is 342 g/mol. The highest BCUT2D eigenvalue weighted by Gasteiger charge is 2.35. The first-order valence-electron chi connectivity index (χ1n) is 7.53. The van der Waals surface area contributed by atoms with Gasteiger partial charge in [-0.2, -0.15) is 4.31 Å². The van der Waals surface area contributed by atoms with Crippen LogP contribution in [0.5, 0.6) is 0 Å². The van der Waals surface area contributed by atoms with Crippen LogP contribution in [0.1, 0.15) is 19.3 Å². The third kappa shape index (κ3) is 3.29. The molecule has 2 aliphatic rings. The maximum absolute atomic E-state index is 12.7. The normalized spacial score (nSPS) is 20.7. The summed E-state index contributed by atoms with van der Waals surface area (Å²) < 4.78 is 26.8. The van der Waals surface area contributed by atoms with E-state index in [1.165, 1.54) is 16.4 Å². The molecule has 3 rings (SSSR count). The largest absolute Gasteiger partial charge is 0.341 e. The topological polar surface area (TPSA) is 57.7 Å². The first-order chi connectivity index (χ1) is 10.5. The molecule has 22 heavy (non-hydrogen) atoms. The molecule has 120 valence electrons. The lowest BCUT2D eigenvalue weighted by Gasteiger charge is -2.22. The summed E-state index contributed by atoms with van der Waals surface area (Å²) in [5, 5.41) is 0.510. The lowest BCUT2D eigenvalue weighted by Crippen LogP contribution is -2.37. The van der Waals surface area contributed by atoms with Gasteiger partial charge in [0, 0.05) is 37.1 Å². The predicted molar refractivity (Wildman–Crippen MR) is 84.1 cm³/mol. The second-order valence-electron chi connectivity index (χ2n) is 5.81. The summed E-state index contributed by atoms with van der Waals surface area (Å²) in [6.07, 6.45) is 2.62. The van der Waals surface area contributed by atoms with Crippen LogP contribution >= 0.6 is 11.6 Å². The zero-order chi connectivity index (χ0) is 15.7. The summed E-state index contributed by atoms with van der Waals surface area (Å²) in [7, 11) is -3.52. The molecule has 1 aliphatic carbocycles. The van der Waals surface area contributed by atoms with E-state index in [1.807, 2.05) is 4.90 Å². The van der Waals surface area contributed by atoms with E-state index in [0.29, 0.717) is 37.6 Å². The average molecular weight is 343 g/mol. The highest BCUT2D eigenvalue weighted by molar-refractivity contribution is 7.89. The van der Waals surface area contributed by atoms with E-state index < -0.39 is 10.0 Å². The van der Waals surface area contributed by atoms with Crippen molar-refractivity contribution in [3.8, 4) is 0 Å². The molecule has 5 nitrogen and oxygen atoms in total. The van der Waals surface area contributed by atoms with Gasteiger partial charge in [0.2, 0.25) is 15.9 Å². The Morgan fingerprint density at radius 3 is 2.36 bits per heavy atom. The van der Waals surface area contributed by atoms with Gasteiger partial charge in [0.15, 0.2) is 0 Å². The molecule has 0 spiro atoms. The van der Waals surface area contributed by atoms with Gasteiger partial charge in [-0.3, -0.25) is 4.79 Å². The summed E-state index contributed by atoms with van der Waals surface area (Å²) in [6.45, 7) is 1.91. The van der Waals surface area contributed by atoms with Crippen LogP contribution in [0, 0.1) is 5.92 Å². The molecule has 1 saturated heterocycles. The maximum atomic E-state index is 12.7. The Hall–Kier alpha value is -1.11. The summed E-state index contributed by atoms with van der Waals surface area (Å²) in [6, 6.07) is 6.20. The summed E-state index contributed by atoms with van der Waals surface area (Å²) >= 11 is 5.81. The van der Waals surface area contributed by atoms with Crippen molar-refractivity contribution < 1.29 is 13.2 Å². The maximum Gasteiger partial charge on any atom is 0.243 e. The molecule has 7 heteroatoms. The predicted octanol–water partition coefficient (Wildman–Crippen LogP) is 1.97. The molecular weight excluding hydrogens is 324 g/mol. The van der Waals surface area contributed by atoms with Crippen LogP contribution in [0.3, 0.4) is 0 Å². The minimum absolute atomic E-state index is 0.180. The van der Waals surface area contributed by atoms with Crippen molar-refractivity contribution >= 4 is 27.5 Å². The molecule has 0 atom stereocenters. The fourth-order valence-corrected chi connectivity index (χ4v) is 4.29. The second-order valence-corrected chi connectivity index (χ2v) is 8.19. The Morgan fingerprint density at radius 1 is 1.05 bits per heavy atom. The Labute approximate surface area is 135 Å². The lowest BCUT2D eigenvalue weighted by molar-refractivity contribution is -0.132. The summed E-state index contributed by atoms with van der Waals surface area (Å²) in [4.78, 5) is 14.2. The van der Waals surface area contributed by atoms with Crippen molar-refractivity contribution in [3.05, 3.63) is 29.3 Å². The van der Waals surface area contributed by atoms with Crippen LogP contribution in [-0.4, -0.2) is 49.7 Å². The van der Waals surface area contributed by atoms with E-state index in [0.717, 1.165) is 12.8 Å². The molecular formula is C15H19ClN2O3S. The van der Waals surface area contributed by atoms with Crippen molar-refractivity contribution in [2.24, 2.45) is 5.92 Å². The molecule has 2 fully saturated rings. The number of hydrogen-bond acceptors (Lipinski definition) is 3. The summed E-state index contributed by atoms with van der Waals surface area (Å²) in [5.41, 5.74) is 0. The van der Waals surface area contributed by atoms with Crippen molar-refractivity contribution in [1.82, 2.24) is 9.21 Å². The van der Waals surface area contributed by atoms with Crippen molar-refractivity contribution in [1.29, 1.82) is 0 Å². The quantitative estimate of drug-likeness (QED) is 0.844. The van der Waals surface area contributed by atoms with Crippen molar-refractivity contribution in [3.63, 3.8) is 0 Å². The number of sulfonamides is 1. The fraction of sp³-hybridized carbons (Fsp3) is 0.533. The SMILES string of the molecule is O=C(C1CC1)N1CCCN(S(=O)(=O)c2ccc(Cl)cc2)CC1. The van der Waals surface area contributed by atoms with Gasteiger partial charge >= 0.3 is 0 Å². The van der Waals surface area contributed by atoms with Gasteiger partial charge in [0.05, 0.1) is 4.90 Å². The van der Waals surface area contributed by atoms with Crippen molar-refractivity contribution in [2.75, 3.05) is 26.2 Å².